The Balaban J connectivity index is 2.26. The Morgan fingerprint density at radius 2 is 1.58 bits per heavy atom. The van der Waals surface area contributed by atoms with Crippen LogP contribution in [0.4, 0.5) is 0 Å². The molecule has 130 valence electrons. The first-order valence-electron chi connectivity index (χ1n) is 8.10. The summed E-state index contributed by atoms with van der Waals surface area (Å²) in [7, 11) is 0.754. The number of rotatable bonds is 6. The summed E-state index contributed by atoms with van der Waals surface area (Å²) in [5, 5.41) is 0. The first kappa shape index (κ1) is 19.4. The Hall–Kier alpha value is -0.931. The molecule has 0 radical (unpaired) electrons. The zero-order valence-electron chi connectivity index (χ0n) is 15.0. The predicted molar refractivity (Wildman–Crippen MR) is 104 cm³/mol. The molecule has 0 amide bonds. The van der Waals surface area contributed by atoms with Gasteiger partial charge in [0.1, 0.15) is 0 Å². The van der Waals surface area contributed by atoms with Crippen molar-refractivity contribution in [2.24, 2.45) is 0 Å². The van der Waals surface area contributed by atoms with Crippen LogP contribution in [0.5, 0.6) is 0 Å². The van der Waals surface area contributed by atoms with Gasteiger partial charge in [-0.1, -0.05) is 0 Å². The molecule has 3 unspecified atom stereocenters. The minimum absolute atomic E-state index is 0.0577. The molecule has 0 saturated carbocycles. The van der Waals surface area contributed by atoms with Gasteiger partial charge < -0.3 is 0 Å². The van der Waals surface area contributed by atoms with Crippen LogP contribution in [0, 0.1) is 0 Å². The van der Waals surface area contributed by atoms with Gasteiger partial charge in [0.05, 0.1) is 0 Å². The molecule has 0 aliphatic carbocycles. The van der Waals surface area contributed by atoms with Gasteiger partial charge in [-0.05, 0) is 0 Å². The van der Waals surface area contributed by atoms with E-state index >= 15 is 0 Å². The molecule has 0 heterocycles. The Morgan fingerprint density at radius 1 is 1.00 bits per heavy atom. The Morgan fingerprint density at radius 3 is 2.17 bits per heavy atom. The summed E-state index contributed by atoms with van der Waals surface area (Å²) in [5.41, 5.74) is 1.20. The molecule has 3 atom stereocenters. The molecule has 2 rings (SSSR count). The maximum absolute atomic E-state index is 12.9. The summed E-state index contributed by atoms with van der Waals surface area (Å²) < 4.78 is 19.6. The fraction of sp³-hybridized carbons (Fsp3) is 0.400. The summed E-state index contributed by atoms with van der Waals surface area (Å²) in [6, 6.07) is 18.5. The van der Waals surface area contributed by atoms with E-state index in [4.69, 9.17) is 4.74 Å². The first-order chi connectivity index (χ1) is 11.3. The fourth-order valence-electron chi connectivity index (χ4n) is 2.53. The molecule has 0 aliphatic rings. The van der Waals surface area contributed by atoms with E-state index in [0.29, 0.717) is 4.82 Å². The van der Waals surface area contributed by atoms with Crippen molar-refractivity contribution in [3.05, 3.63) is 60.2 Å². The van der Waals surface area contributed by atoms with E-state index in [1.54, 1.807) is 7.11 Å². The molecular weight excluding hydrogens is 383 g/mol. The third-order valence-electron chi connectivity index (χ3n) is 3.73. The van der Waals surface area contributed by atoms with E-state index in [-0.39, 0.29) is 25.8 Å². The molecule has 0 fully saturated rings. The second kappa shape index (κ2) is 8.44. The number of hydrogen-bond donors (Lipinski definition) is 0. The summed E-state index contributed by atoms with van der Waals surface area (Å²) in [6.45, 7) is 8.30. The van der Waals surface area contributed by atoms with Crippen molar-refractivity contribution < 1.29 is 8.95 Å². The van der Waals surface area contributed by atoms with Crippen LogP contribution in [0.3, 0.4) is 0 Å². The van der Waals surface area contributed by atoms with Gasteiger partial charge in [0.15, 0.2) is 0 Å². The molecule has 2 aromatic carbocycles. The van der Waals surface area contributed by atoms with Gasteiger partial charge in [-0.2, -0.15) is 0 Å². The van der Waals surface area contributed by atoms with E-state index in [9.17, 15) is 4.21 Å². The van der Waals surface area contributed by atoms with Gasteiger partial charge in [0, 0.05) is 0 Å². The average Bonchev–Trinajstić information content (AvgIpc) is 2.55. The molecule has 0 saturated heterocycles. The molecular formula is C20H26O2SSe. The first-order valence-corrected chi connectivity index (χ1v) is 11.1. The standard InChI is InChI=1S/C20H26O2SSe/c1-15(19(22-5)16-11-7-6-8-12-16)24-18-14-10-9-13-17(18)23(21)20(2,3)4/h6-15,19H,1-5H3. The average molecular weight is 409 g/mol. The third-order valence-corrected chi connectivity index (χ3v) is 8.46. The predicted octanol–water partition coefficient (Wildman–Crippen LogP) is 4.12. The van der Waals surface area contributed by atoms with Crippen molar-refractivity contribution in [3.8, 4) is 0 Å². The second-order valence-corrected chi connectivity index (χ2v) is 11.9. The maximum atomic E-state index is 12.9. The van der Waals surface area contributed by atoms with E-state index in [0.717, 1.165) is 4.90 Å². The van der Waals surface area contributed by atoms with Crippen LogP contribution < -0.4 is 4.46 Å². The summed E-state index contributed by atoms with van der Waals surface area (Å²) in [4.78, 5) is 1.32. The van der Waals surface area contributed by atoms with Crippen LogP contribution in [-0.4, -0.2) is 31.0 Å². The van der Waals surface area contributed by atoms with E-state index in [1.807, 2.05) is 57.2 Å². The van der Waals surface area contributed by atoms with E-state index < -0.39 is 10.8 Å². The number of benzene rings is 2. The Labute approximate surface area is 154 Å². The second-order valence-electron chi connectivity index (χ2n) is 6.72. The van der Waals surface area contributed by atoms with Crippen molar-refractivity contribution in [2.45, 2.75) is 48.3 Å². The number of ether oxygens (including phenoxy) is 1. The van der Waals surface area contributed by atoms with Crippen molar-refractivity contribution in [3.63, 3.8) is 0 Å². The number of hydrogen-bond acceptors (Lipinski definition) is 2. The van der Waals surface area contributed by atoms with Crippen LogP contribution >= 0.6 is 0 Å². The van der Waals surface area contributed by atoms with Crippen LogP contribution in [-0.2, 0) is 15.5 Å². The minimum atomic E-state index is -1.01. The zero-order valence-corrected chi connectivity index (χ0v) is 17.5. The molecule has 0 spiro atoms. The SMILES string of the molecule is COC(c1ccccc1)C(C)[Se]c1ccccc1S(=O)C(C)(C)C. The van der Waals surface area contributed by atoms with Crippen molar-refractivity contribution >= 4 is 30.2 Å². The molecule has 0 aromatic heterocycles. The van der Waals surface area contributed by atoms with Crippen LogP contribution in [0.2, 0.25) is 4.82 Å². The molecule has 2 aromatic rings. The molecule has 0 bridgehead atoms. The van der Waals surface area contributed by atoms with Gasteiger partial charge in [0.2, 0.25) is 0 Å². The van der Waals surface area contributed by atoms with Gasteiger partial charge in [-0.25, -0.2) is 0 Å². The zero-order chi connectivity index (χ0) is 17.7. The van der Waals surface area contributed by atoms with Crippen molar-refractivity contribution in [1.29, 1.82) is 0 Å². The Kier molecular flexibility index (Phi) is 6.82. The van der Waals surface area contributed by atoms with Gasteiger partial charge in [0.25, 0.3) is 0 Å². The van der Waals surface area contributed by atoms with Crippen molar-refractivity contribution in [2.75, 3.05) is 7.11 Å². The quantitative estimate of drug-likeness (QED) is 0.671. The molecule has 0 N–H and O–H groups in total. The van der Waals surface area contributed by atoms with Crippen LogP contribution in [0.15, 0.2) is 59.5 Å². The summed E-state index contributed by atoms with van der Waals surface area (Å²) >= 11 is 0.175. The van der Waals surface area contributed by atoms with E-state index in [2.05, 4.69) is 25.1 Å². The van der Waals surface area contributed by atoms with Gasteiger partial charge in [-0.15, -0.1) is 0 Å². The monoisotopic (exact) mass is 410 g/mol. The van der Waals surface area contributed by atoms with Gasteiger partial charge >= 0.3 is 155 Å². The Bertz CT molecular complexity index is 680. The molecule has 0 aliphatic heterocycles. The van der Waals surface area contributed by atoms with Crippen LogP contribution in [0.25, 0.3) is 0 Å². The topological polar surface area (TPSA) is 26.3 Å². The number of methoxy groups -OCH3 is 1. The molecule has 24 heavy (non-hydrogen) atoms. The fourth-order valence-corrected chi connectivity index (χ4v) is 6.75. The van der Waals surface area contributed by atoms with Crippen LogP contribution in [0.1, 0.15) is 39.4 Å². The summed E-state index contributed by atoms with van der Waals surface area (Å²) in [6.07, 6.45) is 0.0577. The molecule has 2 nitrogen and oxygen atoms in total. The van der Waals surface area contributed by atoms with Crippen molar-refractivity contribution in [1.82, 2.24) is 0 Å². The normalized spacial score (nSPS) is 15.7. The molecule has 4 heteroatoms. The van der Waals surface area contributed by atoms with E-state index in [1.165, 1.54) is 10.0 Å². The summed E-state index contributed by atoms with van der Waals surface area (Å²) in [5.74, 6) is 0. The van der Waals surface area contributed by atoms with Gasteiger partial charge in [-0.3, -0.25) is 0 Å². The third kappa shape index (κ3) is 4.80.